The highest BCUT2D eigenvalue weighted by Gasteiger charge is 2.24. The van der Waals surface area contributed by atoms with Crippen molar-refractivity contribution in [1.29, 1.82) is 0 Å². The molecular formula is C15H13ClF2O. The summed E-state index contributed by atoms with van der Waals surface area (Å²) in [5, 5.41) is 10.4. The van der Waals surface area contributed by atoms with Crippen LogP contribution in [0.1, 0.15) is 18.1 Å². The zero-order chi connectivity index (χ0) is 14.0. The lowest BCUT2D eigenvalue weighted by Gasteiger charge is -2.24. The standard InChI is InChI=1S/C15H13ClF2O/c1-15(19,11-3-2-4-12(17)8-11)9-10-5-6-13(16)14(18)7-10/h2-8,19H,9H2,1H3. The number of hydrogen-bond acceptors (Lipinski definition) is 1. The van der Waals surface area contributed by atoms with Gasteiger partial charge in [0.1, 0.15) is 11.6 Å². The Kier molecular flexibility index (Phi) is 3.88. The minimum absolute atomic E-state index is 0.0362. The van der Waals surface area contributed by atoms with E-state index in [1.54, 1.807) is 19.1 Å². The molecule has 0 aliphatic carbocycles. The van der Waals surface area contributed by atoms with Crippen LogP contribution in [0.4, 0.5) is 8.78 Å². The maximum Gasteiger partial charge on any atom is 0.142 e. The molecule has 1 unspecified atom stereocenters. The molecule has 1 atom stereocenters. The average Bonchev–Trinajstić information content (AvgIpc) is 2.33. The summed E-state index contributed by atoms with van der Waals surface area (Å²) in [5.41, 5.74) is -0.235. The Hall–Kier alpha value is -1.45. The molecule has 0 aliphatic rings. The fourth-order valence-corrected chi connectivity index (χ4v) is 2.09. The fourth-order valence-electron chi connectivity index (χ4n) is 1.97. The van der Waals surface area contributed by atoms with Gasteiger partial charge in [0, 0.05) is 6.42 Å². The SMILES string of the molecule is CC(O)(Cc1ccc(Cl)c(F)c1)c1cccc(F)c1. The Morgan fingerprint density at radius 1 is 1.16 bits per heavy atom. The van der Waals surface area contributed by atoms with Gasteiger partial charge < -0.3 is 5.11 Å². The quantitative estimate of drug-likeness (QED) is 0.900. The molecule has 1 nitrogen and oxygen atoms in total. The van der Waals surface area contributed by atoms with Gasteiger partial charge >= 0.3 is 0 Å². The van der Waals surface area contributed by atoms with Gasteiger partial charge in [0.05, 0.1) is 10.6 Å². The molecule has 0 fully saturated rings. The van der Waals surface area contributed by atoms with Crippen molar-refractivity contribution in [2.45, 2.75) is 18.9 Å². The zero-order valence-corrected chi connectivity index (χ0v) is 11.1. The number of rotatable bonds is 3. The molecule has 19 heavy (non-hydrogen) atoms. The van der Waals surface area contributed by atoms with E-state index in [1.807, 2.05) is 0 Å². The van der Waals surface area contributed by atoms with Gasteiger partial charge in [0.15, 0.2) is 0 Å². The van der Waals surface area contributed by atoms with Crippen LogP contribution in [0.2, 0.25) is 5.02 Å². The first kappa shape index (κ1) is 14.0. The zero-order valence-electron chi connectivity index (χ0n) is 10.3. The van der Waals surface area contributed by atoms with E-state index in [4.69, 9.17) is 11.6 Å². The first-order chi connectivity index (χ1) is 8.88. The van der Waals surface area contributed by atoms with Crippen molar-refractivity contribution in [2.75, 3.05) is 0 Å². The van der Waals surface area contributed by atoms with Crippen molar-refractivity contribution >= 4 is 11.6 Å². The van der Waals surface area contributed by atoms with Crippen molar-refractivity contribution in [3.05, 3.63) is 70.2 Å². The van der Waals surface area contributed by atoms with Crippen LogP contribution >= 0.6 is 11.6 Å². The first-order valence-corrected chi connectivity index (χ1v) is 6.19. The molecule has 2 aromatic carbocycles. The van der Waals surface area contributed by atoms with Crippen LogP contribution in [0, 0.1) is 11.6 Å². The van der Waals surface area contributed by atoms with Crippen LogP contribution < -0.4 is 0 Å². The number of hydrogen-bond donors (Lipinski definition) is 1. The highest BCUT2D eigenvalue weighted by Crippen LogP contribution is 2.27. The summed E-state index contributed by atoms with van der Waals surface area (Å²) < 4.78 is 26.5. The molecule has 1 N–H and O–H groups in total. The highest BCUT2D eigenvalue weighted by atomic mass is 35.5. The van der Waals surface area contributed by atoms with Gasteiger partial charge in [-0.3, -0.25) is 0 Å². The van der Waals surface area contributed by atoms with Crippen molar-refractivity contribution in [1.82, 2.24) is 0 Å². The van der Waals surface area contributed by atoms with Crippen LogP contribution in [0.15, 0.2) is 42.5 Å². The van der Waals surface area contributed by atoms with E-state index in [0.717, 1.165) is 0 Å². The molecule has 0 spiro atoms. The van der Waals surface area contributed by atoms with E-state index in [-0.39, 0.29) is 11.4 Å². The van der Waals surface area contributed by atoms with Gasteiger partial charge in [0.25, 0.3) is 0 Å². The fraction of sp³-hybridized carbons (Fsp3) is 0.200. The van der Waals surface area contributed by atoms with E-state index in [2.05, 4.69) is 0 Å². The van der Waals surface area contributed by atoms with Crippen LogP contribution in [0.3, 0.4) is 0 Å². The largest absolute Gasteiger partial charge is 0.385 e. The third-order valence-corrected chi connectivity index (χ3v) is 3.29. The van der Waals surface area contributed by atoms with Gasteiger partial charge in [0.2, 0.25) is 0 Å². The Labute approximate surface area is 115 Å². The lowest BCUT2D eigenvalue weighted by atomic mass is 9.89. The number of benzene rings is 2. The minimum atomic E-state index is -1.28. The summed E-state index contributed by atoms with van der Waals surface area (Å²) in [7, 11) is 0. The normalized spacial score (nSPS) is 14.2. The smallest absolute Gasteiger partial charge is 0.142 e. The second-order valence-electron chi connectivity index (χ2n) is 4.71. The lowest BCUT2D eigenvalue weighted by molar-refractivity contribution is 0.0572. The van der Waals surface area contributed by atoms with Crippen molar-refractivity contribution in [2.24, 2.45) is 0 Å². The Morgan fingerprint density at radius 3 is 2.53 bits per heavy atom. The van der Waals surface area contributed by atoms with Crippen molar-refractivity contribution in [3.63, 3.8) is 0 Å². The molecule has 2 rings (SSSR count). The maximum atomic E-state index is 13.3. The second kappa shape index (κ2) is 5.27. The van der Waals surface area contributed by atoms with Crippen LogP contribution in [0.5, 0.6) is 0 Å². The summed E-state index contributed by atoms with van der Waals surface area (Å²) in [6, 6.07) is 10.1. The third kappa shape index (κ3) is 3.31. The van der Waals surface area contributed by atoms with Gasteiger partial charge in [-0.2, -0.15) is 0 Å². The molecule has 2 aromatic rings. The molecule has 0 heterocycles. The summed E-state index contributed by atoms with van der Waals surface area (Å²) in [5.74, 6) is -0.950. The monoisotopic (exact) mass is 282 g/mol. The summed E-state index contributed by atoms with van der Waals surface area (Å²) >= 11 is 5.60. The molecule has 0 bridgehead atoms. The molecular weight excluding hydrogens is 270 g/mol. The minimum Gasteiger partial charge on any atom is -0.385 e. The van der Waals surface area contributed by atoms with E-state index in [1.165, 1.54) is 30.3 Å². The summed E-state index contributed by atoms with van der Waals surface area (Å²) in [4.78, 5) is 0. The molecule has 0 aromatic heterocycles. The van der Waals surface area contributed by atoms with E-state index in [9.17, 15) is 13.9 Å². The van der Waals surface area contributed by atoms with Crippen LogP contribution in [-0.2, 0) is 12.0 Å². The molecule has 100 valence electrons. The molecule has 0 radical (unpaired) electrons. The highest BCUT2D eigenvalue weighted by molar-refractivity contribution is 6.30. The van der Waals surface area contributed by atoms with E-state index in [0.29, 0.717) is 11.1 Å². The lowest BCUT2D eigenvalue weighted by Crippen LogP contribution is -2.24. The summed E-state index contributed by atoms with van der Waals surface area (Å²) in [6.45, 7) is 1.56. The van der Waals surface area contributed by atoms with Crippen molar-refractivity contribution in [3.8, 4) is 0 Å². The van der Waals surface area contributed by atoms with Gasteiger partial charge in [-0.05, 0) is 42.3 Å². The predicted octanol–water partition coefficient (Wildman–Crippen LogP) is 4.07. The number of aliphatic hydroxyl groups is 1. The maximum absolute atomic E-state index is 13.3. The van der Waals surface area contributed by atoms with E-state index >= 15 is 0 Å². The molecule has 0 saturated carbocycles. The van der Waals surface area contributed by atoms with Crippen LogP contribution in [0.25, 0.3) is 0 Å². The predicted molar refractivity (Wildman–Crippen MR) is 71.1 cm³/mol. The van der Waals surface area contributed by atoms with Crippen molar-refractivity contribution < 1.29 is 13.9 Å². The Balaban J connectivity index is 2.27. The Morgan fingerprint density at radius 2 is 1.89 bits per heavy atom. The first-order valence-electron chi connectivity index (χ1n) is 5.81. The topological polar surface area (TPSA) is 20.2 Å². The second-order valence-corrected chi connectivity index (χ2v) is 5.12. The van der Waals surface area contributed by atoms with Gasteiger partial charge in [-0.1, -0.05) is 29.8 Å². The van der Waals surface area contributed by atoms with Crippen LogP contribution in [-0.4, -0.2) is 5.11 Å². The molecule has 0 amide bonds. The molecule has 0 saturated heterocycles. The molecule has 4 heteroatoms. The number of halogens is 3. The average molecular weight is 283 g/mol. The third-order valence-electron chi connectivity index (χ3n) is 2.98. The Bertz CT molecular complexity index is 596. The summed E-state index contributed by atoms with van der Waals surface area (Å²) in [6.07, 6.45) is 0.171. The molecule has 0 aliphatic heterocycles. The van der Waals surface area contributed by atoms with Gasteiger partial charge in [-0.25, -0.2) is 8.78 Å². The van der Waals surface area contributed by atoms with Gasteiger partial charge in [-0.15, -0.1) is 0 Å². The van der Waals surface area contributed by atoms with E-state index < -0.39 is 17.2 Å².